The van der Waals surface area contributed by atoms with Gasteiger partial charge in [-0.15, -0.1) is 0 Å². The second-order valence-electron chi connectivity index (χ2n) is 5.07. The Hall–Kier alpha value is -1.66. The molecule has 0 unspecified atom stereocenters. The van der Waals surface area contributed by atoms with Crippen molar-refractivity contribution >= 4 is 10.0 Å². The average Bonchev–Trinajstić information content (AvgIpc) is 2.70. The van der Waals surface area contributed by atoms with Gasteiger partial charge in [0.05, 0.1) is 11.1 Å². The van der Waals surface area contributed by atoms with Crippen molar-refractivity contribution in [3.8, 4) is 0 Å². The zero-order valence-corrected chi connectivity index (χ0v) is 12.9. The van der Waals surface area contributed by atoms with Gasteiger partial charge in [0.1, 0.15) is 0 Å². The van der Waals surface area contributed by atoms with Gasteiger partial charge in [0.15, 0.2) is 0 Å². The normalized spacial score (nSPS) is 11.8. The quantitative estimate of drug-likeness (QED) is 0.906. The summed E-state index contributed by atoms with van der Waals surface area (Å²) in [7, 11) is -3.52. The Labute approximate surface area is 119 Å². The molecule has 6 heteroatoms. The van der Waals surface area contributed by atoms with E-state index in [9.17, 15) is 8.42 Å². The molecule has 0 radical (unpaired) electrons. The summed E-state index contributed by atoms with van der Waals surface area (Å²) in [4.78, 5) is 0.365. The van der Waals surface area contributed by atoms with Crippen LogP contribution in [0.1, 0.15) is 27.9 Å². The summed E-state index contributed by atoms with van der Waals surface area (Å²) in [6.07, 6.45) is 1.63. The largest absolute Gasteiger partial charge is 0.283 e. The van der Waals surface area contributed by atoms with Gasteiger partial charge in [0, 0.05) is 17.8 Å². The van der Waals surface area contributed by atoms with E-state index in [1.807, 2.05) is 39.8 Å². The number of aromatic nitrogens is 2. The summed E-state index contributed by atoms with van der Waals surface area (Å²) in [6.45, 7) is 7.68. The molecule has 0 atom stereocenters. The van der Waals surface area contributed by atoms with Crippen LogP contribution in [0.5, 0.6) is 0 Å². The molecule has 108 valence electrons. The molecule has 2 aromatic rings. The minimum absolute atomic E-state index is 0.234. The molecule has 0 aliphatic carbocycles. The van der Waals surface area contributed by atoms with Crippen molar-refractivity contribution in [1.82, 2.24) is 14.9 Å². The number of rotatable bonds is 4. The molecule has 0 fully saturated rings. The first-order valence-corrected chi connectivity index (χ1v) is 7.86. The van der Waals surface area contributed by atoms with Crippen LogP contribution in [0.25, 0.3) is 0 Å². The fraction of sp³-hybridized carbons (Fsp3) is 0.357. The van der Waals surface area contributed by atoms with Gasteiger partial charge in [-0.25, -0.2) is 13.1 Å². The number of sulfonamides is 1. The molecule has 5 nitrogen and oxygen atoms in total. The second-order valence-corrected chi connectivity index (χ2v) is 6.78. The van der Waals surface area contributed by atoms with Crippen molar-refractivity contribution < 1.29 is 8.42 Å². The average molecular weight is 293 g/mol. The van der Waals surface area contributed by atoms with E-state index in [1.165, 1.54) is 0 Å². The highest BCUT2D eigenvalue weighted by atomic mass is 32.2. The lowest BCUT2D eigenvalue weighted by Gasteiger charge is -2.13. The molecule has 0 bridgehead atoms. The van der Waals surface area contributed by atoms with Gasteiger partial charge in [0.2, 0.25) is 10.0 Å². The van der Waals surface area contributed by atoms with Crippen LogP contribution in [0.4, 0.5) is 0 Å². The third-order valence-electron chi connectivity index (χ3n) is 3.26. The third kappa shape index (κ3) is 2.91. The molecule has 0 aliphatic heterocycles. The van der Waals surface area contributed by atoms with E-state index >= 15 is 0 Å². The highest BCUT2D eigenvalue weighted by Gasteiger charge is 2.19. The van der Waals surface area contributed by atoms with E-state index in [-0.39, 0.29) is 6.54 Å². The predicted molar refractivity (Wildman–Crippen MR) is 78.0 cm³/mol. The molecule has 2 N–H and O–H groups in total. The van der Waals surface area contributed by atoms with Crippen LogP contribution in [0.15, 0.2) is 23.2 Å². The number of hydrogen-bond donors (Lipinski definition) is 2. The summed E-state index contributed by atoms with van der Waals surface area (Å²) in [6, 6.07) is 3.76. The number of H-pyrrole nitrogens is 1. The summed E-state index contributed by atoms with van der Waals surface area (Å²) in [5.74, 6) is 0. The van der Waals surface area contributed by atoms with Gasteiger partial charge >= 0.3 is 0 Å². The molecule has 1 heterocycles. The lowest BCUT2D eigenvalue weighted by Crippen LogP contribution is -2.25. The molecule has 0 aliphatic rings. The maximum Gasteiger partial charge on any atom is 0.241 e. The zero-order chi connectivity index (χ0) is 14.9. The number of nitrogens with zero attached hydrogens (tertiary/aromatic N) is 1. The fourth-order valence-corrected chi connectivity index (χ4v) is 3.84. The van der Waals surface area contributed by atoms with E-state index < -0.39 is 10.0 Å². The molecule has 0 amide bonds. The van der Waals surface area contributed by atoms with Crippen LogP contribution < -0.4 is 4.72 Å². The van der Waals surface area contributed by atoms with E-state index in [2.05, 4.69) is 14.9 Å². The van der Waals surface area contributed by atoms with Gasteiger partial charge in [-0.05, 0) is 38.8 Å². The van der Waals surface area contributed by atoms with Gasteiger partial charge in [-0.1, -0.05) is 17.7 Å². The predicted octanol–water partition coefficient (Wildman–Crippen LogP) is 2.12. The van der Waals surface area contributed by atoms with Gasteiger partial charge in [-0.3, -0.25) is 5.10 Å². The van der Waals surface area contributed by atoms with E-state index in [4.69, 9.17) is 0 Å². The number of benzene rings is 1. The van der Waals surface area contributed by atoms with Crippen LogP contribution in [0.3, 0.4) is 0 Å². The Morgan fingerprint density at radius 3 is 2.25 bits per heavy atom. The van der Waals surface area contributed by atoms with Crippen molar-refractivity contribution in [2.75, 3.05) is 0 Å². The van der Waals surface area contributed by atoms with Gasteiger partial charge in [-0.2, -0.15) is 5.10 Å². The zero-order valence-electron chi connectivity index (χ0n) is 12.1. The van der Waals surface area contributed by atoms with Crippen LogP contribution in [0.2, 0.25) is 0 Å². The minimum Gasteiger partial charge on any atom is -0.283 e. The lowest BCUT2D eigenvalue weighted by atomic mass is 10.1. The summed E-state index contributed by atoms with van der Waals surface area (Å²) in [5, 5.41) is 6.67. The second kappa shape index (κ2) is 5.38. The van der Waals surface area contributed by atoms with Crippen molar-refractivity contribution in [2.45, 2.75) is 39.1 Å². The Morgan fingerprint density at radius 2 is 1.75 bits per heavy atom. The molecule has 20 heavy (non-hydrogen) atoms. The summed E-state index contributed by atoms with van der Waals surface area (Å²) >= 11 is 0. The highest BCUT2D eigenvalue weighted by molar-refractivity contribution is 7.89. The molecule has 0 saturated carbocycles. The number of nitrogens with one attached hydrogen (secondary N) is 2. The SMILES string of the molecule is Cc1cc(C)c(S(=O)(=O)NCc2cn[nH]c2C)c(C)c1. The van der Waals surface area contributed by atoms with Crippen LogP contribution in [0, 0.1) is 27.7 Å². The van der Waals surface area contributed by atoms with Crippen molar-refractivity contribution in [3.63, 3.8) is 0 Å². The first-order chi connectivity index (χ1) is 9.31. The Bertz CT molecular complexity index is 710. The van der Waals surface area contributed by atoms with Gasteiger partial charge in [0.25, 0.3) is 0 Å². The van der Waals surface area contributed by atoms with E-state index in [0.717, 1.165) is 27.9 Å². The summed E-state index contributed by atoms with van der Waals surface area (Å²) < 4.78 is 27.5. The maximum atomic E-state index is 12.4. The Kier molecular flexibility index (Phi) is 3.96. The van der Waals surface area contributed by atoms with Crippen LogP contribution >= 0.6 is 0 Å². The first-order valence-electron chi connectivity index (χ1n) is 6.37. The third-order valence-corrected chi connectivity index (χ3v) is 4.97. The lowest BCUT2D eigenvalue weighted by molar-refractivity contribution is 0.580. The standard InChI is InChI=1S/C14H19N3O2S/c1-9-5-10(2)14(11(3)6-9)20(18,19)16-8-13-7-15-17-12(13)4/h5-7,16H,8H2,1-4H3,(H,15,17). The molecule has 1 aromatic carbocycles. The monoisotopic (exact) mass is 293 g/mol. The fourth-order valence-electron chi connectivity index (χ4n) is 2.39. The van der Waals surface area contributed by atoms with Crippen molar-refractivity contribution in [3.05, 3.63) is 46.3 Å². The Morgan fingerprint density at radius 1 is 1.15 bits per heavy atom. The first kappa shape index (κ1) is 14.7. The van der Waals surface area contributed by atoms with Crippen molar-refractivity contribution in [1.29, 1.82) is 0 Å². The van der Waals surface area contributed by atoms with Crippen LogP contribution in [-0.4, -0.2) is 18.6 Å². The van der Waals surface area contributed by atoms with E-state index in [0.29, 0.717) is 4.90 Å². The van der Waals surface area contributed by atoms with Crippen molar-refractivity contribution in [2.24, 2.45) is 0 Å². The molecule has 1 aromatic heterocycles. The highest BCUT2D eigenvalue weighted by Crippen LogP contribution is 2.21. The molecular weight excluding hydrogens is 274 g/mol. The molecular formula is C14H19N3O2S. The molecule has 0 spiro atoms. The molecule has 0 saturated heterocycles. The Balaban J connectivity index is 2.30. The molecule has 2 rings (SSSR count). The number of hydrogen-bond acceptors (Lipinski definition) is 3. The summed E-state index contributed by atoms with van der Waals surface area (Å²) in [5.41, 5.74) is 4.29. The minimum atomic E-state index is -3.52. The topological polar surface area (TPSA) is 74.8 Å². The maximum absolute atomic E-state index is 12.4. The number of aromatic amines is 1. The van der Waals surface area contributed by atoms with Crippen LogP contribution in [-0.2, 0) is 16.6 Å². The smallest absolute Gasteiger partial charge is 0.241 e. The van der Waals surface area contributed by atoms with E-state index in [1.54, 1.807) is 6.20 Å². The van der Waals surface area contributed by atoms with Gasteiger partial charge < -0.3 is 0 Å². The number of aryl methyl sites for hydroxylation is 4.